The van der Waals surface area contributed by atoms with E-state index in [4.69, 9.17) is 38.5 Å². The molecule has 0 spiro atoms. The van der Waals surface area contributed by atoms with E-state index >= 15 is 0 Å². The van der Waals surface area contributed by atoms with Crippen molar-refractivity contribution in [1.29, 1.82) is 0 Å². The first kappa shape index (κ1) is 16.0. The molecule has 0 aromatic heterocycles. The molecule has 0 heterocycles. The Hall–Kier alpha value is -1.05. The highest BCUT2D eigenvalue weighted by molar-refractivity contribution is 6.37. The minimum absolute atomic E-state index is 0.140. The van der Waals surface area contributed by atoms with Crippen LogP contribution in [-0.4, -0.2) is 26.5 Å². The summed E-state index contributed by atoms with van der Waals surface area (Å²) in [5.41, 5.74) is 2.84. The monoisotopic (exact) mass is 307 g/mol. The molecule has 0 aliphatic heterocycles. The zero-order valence-corrected chi connectivity index (χ0v) is 12.2. The lowest BCUT2D eigenvalue weighted by molar-refractivity contribution is -0.116. The van der Waals surface area contributed by atoms with Crippen molar-refractivity contribution in [2.24, 2.45) is 5.84 Å². The lowest BCUT2D eigenvalue weighted by atomic mass is 10.2. The highest BCUT2D eigenvalue weighted by atomic mass is 35.5. The van der Waals surface area contributed by atoms with Gasteiger partial charge in [-0.1, -0.05) is 23.2 Å². The van der Waals surface area contributed by atoms with Crippen molar-refractivity contribution >= 4 is 34.8 Å². The maximum Gasteiger partial charge on any atom is 0.271 e. The molecule has 0 aliphatic carbocycles. The molecular formula is C11H15Cl2N3O3. The molecule has 1 aromatic carbocycles. The number of anilines is 1. The number of methoxy groups -OCH3 is 1. The minimum Gasteiger partial charge on any atom is -0.447 e. The summed E-state index contributed by atoms with van der Waals surface area (Å²) in [6, 6.07) is 3.13. The molecule has 0 saturated heterocycles. The summed E-state index contributed by atoms with van der Waals surface area (Å²) in [4.78, 5) is 12.7. The van der Waals surface area contributed by atoms with Crippen molar-refractivity contribution < 1.29 is 14.3 Å². The van der Waals surface area contributed by atoms with Gasteiger partial charge in [0.25, 0.3) is 6.41 Å². The SMILES string of the molecule is COC(NN)Oc1c(Cl)cc(N(C)C(C)=O)cc1Cl. The summed E-state index contributed by atoms with van der Waals surface area (Å²) in [5.74, 6) is 5.29. The number of nitrogens with two attached hydrogens (primary N) is 1. The molecule has 1 unspecified atom stereocenters. The van der Waals surface area contributed by atoms with E-state index in [2.05, 4.69) is 5.43 Å². The van der Waals surface area contributed by atoms with Crippen LogP contribution in [0.3, 0.4) is 0 Å². The maximum atomic E-state index is 11.3. The minimum atomic E-state index is -0.883. The van der Waals surface area contributed by atoms with Crippen LogP contribution in [0.2, 0.25) is 10.0 Å². The average molecular weight is 308 g/mol. The summed E-state index contributed by atoms with van der Waals surface area (Å²) in [7, 11) is 3.02. The molecule has 1 rings (SSSR count). The smallest absolute Gasteiger partial charge is 0.271 e. The van der Waals surface area contributed by atoms with Gasteiger partial charge in [0.05, 0.1) is 10.0 Å². The number of nitrogens with zero attached hydrogens (tertiary/aromatic N) is 1. The van der Waals surface area contributed by atoms with Crippen molar-refractivity contribution in [1.82, 2.24) is 5.43 Å². The van der Waals surface area contributed by atoms with Gasteiger partial charge < -0.3 is 14.4 Å². The van der Waals surface area contributed by atoms with Gasteiger partial charge in [-0.05, 0) is 12.1 Å². The third-order valence-corrected chi connectivity index (χ3v) is 2.98. The number of hydrogen-bond donors (Lipinski definition) is 2. The molecule has 1 amide bonds. The van der Waals surface area contributed by atoms with Gasteiger partial charge in [0.1, 0.15) is 0 Å². The van der Waals surface area contributed by atoms with Gasteiger partial charge in [-0.15, -0.1) is 0 Å². The van der Waals surface area contributed by atoms with Crippen LogP contribution in [0, 0.1) is 0 Å². The number of halogens is 2. The summed E-state index contributed by atoms with van der Waals surface area (Å²) in [5, 5.41) is 0.487. The number of hydrogen-bond acceptors (Lipinski definition) is 5. The van der Waals surface area contributed by atoms with E-state index in [1.54, 1.807) is 19.2 Å². The number of hydrazine groups is 1. The van der Waals surface area contributed by atoms with E-state index in [1.165, 1.54) is 18.9 Å². The van der Waals surface area contributed by atoms with Crippen molar-refractivity contribution in [2.45, 2.75) is 13.3 Å². The van der Waals surface area contributed by atoms with Gasteiger partial charge in [0, 0.05) is 26.8 Å². The molecule has 1 atom stereocenters. The molecule has 6 nitrogen and oxygen atoms in total. The quantitative estimate of drug-likeness (QED) is 0.492. The number of carbonyl (C=O) groups is 1. The van der Waals surface area contributed by atoms with Gasteiger partial charge in [0.15, 0.2) is 5.75 Å². The standard InChI is InChI=1S/C11H15Cl2N3O3/c1-6(17)16(2)7-4-8(12)10(9(13)5-7)19-11(15-14)18-3/h4-5,11,15H,14H2,1-3H3. The highest BCUT2D eigenvalue weighted by Crippen LogP contribution is 2.37. The van der Waals surface area contributed by atoms with Crippen LogP contribution in [-0.2, 0) is 9.53 Å². The van der Waals surface area contributed by atoms with E-state index in [9.17, 15) is 4.79 Å². The van der Waals surface area contributed by atoms with Crippen LogP contribution in [0.5, 0.6) is 5.75 Å². The number of ether oxygens (including phenoxy) is 2. The van der Waals surface area contributed by atoms with Gasteiger partial charge in [0.2, 0.25) is 5.91 Å². The highest BCUT2D eigenvalue weighted by Gasteiger charge is 2.16. The van der Waals surface area contributed by atoms with Gasteiger partial charge in [-0.3, -0.25) is 10.6 Å². The molecule has 0 aliphatic rings. The van der Waals surface area contributed by atoms with Crippen LogP contribution in [0.15, 0.2) is 12.1 Å². The first-order chi connectivity index (χ1) is 8.90. The summed E-state index contributed by atoms with van der Waals surface area (Å²) >= 11 is 12.1. The van der Waals surface area contributed by atoms with E-state index in [1.807, 2.05) is 0 Å². The third-order valence-electron chi connectivity index (χ3n) is 2.42. The Morgan fingerprint density at radius 1 is 1.42 bits per heavy atom. The molecular weight excluding hydrogens is 293 g/mol. The zero-order valence-electron chi connectivity index (χ0n) is 10.7. The Balaban J connectivity index is 3.07. The number of carbonyl (C=O) groups excluding carboxylic acids is 1. The van der Waals surface area contributed by atoms with Gasteiger partial charge >= 0.3 is 0 Å². The lowest BCUT2D eigenvalue weighted by Crippen LogP contribution is -2.41. The summed E-state index contributed by atoms with van der Waals surface area (Å²) in [6.07, 6.45) is -0.883. The number of amides is 1. The molecule has 106 valence electrons. The number of benzene rings is 1. The fraction of sp³-hybridized carbons (Fsp3) is 0.364. The van der Waals surface area contributed by atoms with E-state index < -0.39 is 6.41 Å². The van der Waals surface area contributed by atoms with Crippen LogP contribution in [0.25, 0.3) is 0 Å². The van der Waals surface area contributed by atoms with Crippen molar-refractivity contribution in [2.75, 3.05) is 19.1 Å². The molecule has 8 heteroatoms. The Kier molecular flexibility index (Phi) is 5.84. The van der Waals surface area contributed by atoms with E-state index in [0.717, 1.165) is 0 Å². The Labute approximate surface area is 121 Å². The molecule has 3 N–H and O–H groups in total. The normalized spacial score (nSPS) is 12.1. The Morgan fingerprint density at radius 3 is 2.32 bits per heavy atom. The second-order valence-electron chi connectivity index (χ2n) is 3.67. The molecule has 0 bridgehead atoms. The number of nitrogens with one attached hydrogen (secondary N) is 1. The second kappa shape index (κ2) is 6.93. The third kappa shape index (κ3) is 3.95. The van der Waals surface area contributed by atoms with Crippen LogP contribution in [0.4, 0.5) is 5.69 Å². The Morgan fingerprint density at radius 2 is 1.95 bits per heavy atom. The van der Waals surface area contributed by atoms with Crippen LogP contribution < -0.4 is 20.9 Å². The van der Waals surface area contributed by atoms with Gasteiger partial charge in [-0.25, -0.2) is 0 Å². The second-order valence-corrected chi connectivity index (χ2v) is 4.48. The van der Waals surface area contributed by atoms with Crippen LogP contribution in [0.1, 0.15) is 6.92 Å². The molecule has 19 heavy (non-hydrogen) atoms. The first-order valence-corrected chi connectivity index (χ1v) is 6.05. The van der Waals surface area contributed by atoms with Crippen molar-refractivity contribution in [3.63, 3.8) is 0 Å². The molecule has 0 radical (unpaired) electrons. The fourth-order valence-electron chi connectivity index (χ4n) is 1.29. The predicted octanol–water partition coefficient (Wildman–Crippen LogP) is 1.75. The fourth-order valence-corrected chi connectivity index (χ4v) is 1.86. The zero-order chi connectivity index (χ0) is 14.6. The van der Waals surface area contributed by atoms with Crippen molar-refractivity contribution in [3.05, 3.63) is 22.2 Å². The van der Waals surface area contributed by atoms with Gasteiger partial charge in [-0.2, -0.15) is 5.43 Å². The predicted molar refractivity (Wildman–Crippen MR) is 74.3 cm³/mol. The van der Waals surface area contributed by atoms with Crippen LogP contribution >= 0.6 is 23.2 Å². The summed E-state index contributed by atoms with van der Waals surface area (Å²) in [6.45, 7) is 1.44. The summed E-state index contributed by atoms with van der Waals surface area (Å²) < 4.78 is 10.2. The van der Waals surface area contributed by atoms with E-state index in [0.29, 0.717) is 5.69 Å². The van der Waals surface area contributed by atoms with E-state index in [-0.39, 0.29) is 21.7 Å². The first-order valence-electron chi connectivity index (χ1n) is 5.29. The lowest BCUT2D eigenvalue weighted by Gasteiger charge is -2.20. The molecule has 0 saturated carbocycles. The van der Waals surface area contributed by atoms with Crippen molar-refractivity contribution in [3.8, 4) is 5.75 Å². The Bertz CT molecular complexity index is 443. The molecule has 1 aromatic rings. The maximum absolute atomic E-state index is 11.3. The number of rotatable bonds is 5. The topological polar surface area (TPSA) is 76.8 Å². The largest absolute Gasteiger partial charge is 0.447 e. The average Bonchev–Trinajstić information content (AvgIpc) is 2.37. The molecule has 0 fully saturated rings.